The highest BCUT2D eigenvalue weighted by atomic mass is 19.4. The van der Waals surface area contributed by atoms with Gasteiger partial charge in [-0.15, -0.1) is 0 Å². The third kappa shape index (κ3) is 3.97. The molecule has 20 heavy (non-hydrogen) atoms. The number of amides is 1. The molecule has 0 aromatic heterocycles. The number of ether oxygens (including phenoxy) is 1. The number of nitrogen functional groups attached to an aromatic ring is 1. The molecule has 0 saturated heterocycles. The van der Waals surface area contributed by atoms with Crippen LogP contribution < -0.4 is 15.8 Å². The van der Waals surface area contributed by atoms with Gasteiger partial charge >= 0.3 is 12.1 Å². The first-order valence-corrected chi connectivity index (χ1v) is 5.36. The molecule has 112 valence electrons. The minimum atomic E-state index is -5.92. The first kappa shape index (κ1) is 16.0. The summed E-state index contributed by atoms with van der Waals surface area (Å²) in [6.45, 7) is -0.752. The van der Waals surface area contributed by atoms with Crippen LogP contribution >= 0.6 is 0 Å². The first-order valence-electron chi connectivity index (χ1n) is 5.36. The number of carbonyl (C=O) groups is 1. The molecule has 0 radical (unpaired) electrons. The van der Waals surface area contributed by atoms with Gasteiger partial charge in [-0.2, -0.15) is 22.0 Å². The molecule has 0 aliphatic rings. The molecule has 1 amide bonds. The standard InChI is InChI=1S/C11H11F5N2O2/c12-10(13,11(14,15)16)9(19)18-5-6-20-8-3-1-7(17)2-4-8/h1-4H,5-6,17H2,(H,18,19). The summed E-state index contributed by atoms with van der Waals surface area (Å²) in [6, 6.07) is 6.01. The Bertz CT molecular complexity index is 459. The predicted molar refractivity (Wildman–Crippen MR) is 60.4 cm³/mol. The summed E-state index contributed by atoms with van der Waals surface area (Å²) >= 11 is 0. The van der Waals surface area contributed by atoms with Crippen molar-refractivity contribution in [1.29, 1.82) is 0 Å². The van der Waals surface area contributed by atoms with Crippen molar-refractivity contribution in [3.05, 3.63) is 24.3 Å². The number of benzene rings is 1. The van der Waals surface area contributed by atoms with Crippen molar-refractivity contribution in [2.75, 3.05) is 18.9 Å². The van der Waals surface area contributed by atoms with Gasteiger partial charge in [0.15, 0.2) is 0 Å². The molecule has 0 fully saturated rings. The van der Waals surface area contributed by atoms with Crippen LogP contribution in [0.25, 0.3) is 0 Å². The van der Waals surface area contributed by atoms with Gasteiger partial charge in [-0.25, -0.2) is 0 Å². The monoisotopic (exact) mass is 298 g/mol. The van der Waals surface area contributed by atoms with Crippen LogP contribution in [-0.4, -0.2) is 31.2 Å². The number of alkyl halides is 5. The molecule has 0 heterocycles. The van der Waals surface area contributed by atoms with Crippen LogP contribution in [0.1, 0.15) is 0 Å². The molecule has 0 saturated carbocycles. The van der Waals surface area contributed by atoms with E-state index in [1.165, 1.54) is 29.6 Å². The molecular weight excluding hydrogens is 287 g/mol. The van der Waals surface area contributed by atoms with Gasteiger partial charge in [-0.3, -0.25) is 4.79 Å². The Morgan fingerprint density at radius 3 is 2.20 bits per heavy atom. The summed E-state index contributed by atoms with van der Waals surface area (Å²) in [6.07, 6.45) is -5.92. The molecule has 1 aromatic carbocycles. The molecule has 3 N–H and O–H groups in total. The van der Waals surface area contributed by atoms with Gasteiger partial charge in [0, 0.05) is 5.69 Å². The third-order valence-electron chi connectivity index (χ3n) is 2.18. The summed E-state index contributed by atoms with van der Waals surface area (Å²) < 4.78 is 65.6. The molecule has 0 bridgehead atoms. The van der Waals surface area contributed by atoms with Crippen LogP contribution in [0.2, 0.25) is 0 Å². The van der Waals surface area contributed by atoms with Crippen molar-refractivity contribution in [1.82, 2.24) is 5.32 Å². The summed E-state index contributed by atoms with van der Waals surface area (Å²) in [7, 11) is 0. The van der Waals surface area contributed by atoms with E-state index in [2.05, 4.69) is 0 Å². The van der Waals surface area contributed by atoms with E-state index >= 15 is 0 Å². The Hall–Kier alpha value is -2.06. The zero-order valence-corrected chi connectivity index (χ0v) is 10.0. The maximum Gasteiger partial charge on any atom is 0.463 e. The van der Waals surface area contributed by atoms with Gasteiger partial charge in [0.2, 0.25) is 0 Å². The second-order valence-corrected chi connectivity index (χ2v) is 3.75. The van der Waals surface area contributed by atoms with Crippen molar-refractivity contribution in [3.8, 4) is 5.75 Å². The summed E-state index contributed by atoms with van der Waals surface area (Å²) in [4.78, 5) is 10.7. The van der Waals surface area contributed by atoms with Crippen molar-refractivity contribution in [3.63, 3.8) is 0 Å². The zero-order chi connectivity index (χ0) is 15.4. The van der Waals surface area contributed by atoms with E-state index in [9.17, 15) is 26.7 Å². The topological polar surface area (TPSA) is 64.3 Å². The highest BCUT2D eigenvalue weighted by Crippen LogP contribution is 2.35. The fourth-order valence-electron chi connectivity index (χ4n) is 1.14. The van der Waals surface area contributed by atoms with E-state index in [4.69, 9.17) is 10.5 Å². The molecule has 0 aliphatic heterocycles. The maximum atomic E-state index is 12.5. The number of nitrogens with two attached hydrogens (primary N) is 1. The average Bonchev–Trinajstić information content (AvgIpc) is 2.35. The quantitative estimate of drug-likeness (QED) is 0.496. The van der Waals surface area contributed by atoms with E-state index in [0.717, 1.165) is 0 Å². The minimum absolute atomic E-state index is 0.260. The summed E-state index contributed by atoms with van der Waals surface area (Å²) in [5, 5.41) is 1.45. The second-order valence-electron chi connectivity index (χ2n) is 3.75. The van der Waals surface area contributed by atoms with Gasteiger partial charge < -0.3 is 15.8 Å². The number of anilines is 1. The van der Waals surface area contributed by atoms with Crippen LogP contribution in [0, 0.1) is 0 Å². The van der Waals surface area contributed by atoms with E-state index in [-0.39, 0.29) is 6.61 Å². The Morgan fingerprint density at radius 2 is 1.70 bits per heavy atom. The minimum Gasteiger partial charge on any atom is -0.492 e. The fourth-order valence-corrected chi connectivity index (χ4v) is 1.14. The summed E-state index contributed by atoms with van der Waals surface area (Å²) in [5.41, 5.74) is 5.89. The Labute approximate surface area is 110 Å². The molecule has 1 rings (SSSR count). The van der Waals surface area contributed by atoms with Gasteiger partial charge in [-0.05, 0) is 24.3 Å². The molecule has 0 atom stereocenters. The highest BCUT2D eigenvalue weighted by Gasteiger charge is 2.63. The molecular formula is C11H11F5N2O2. The molecule has 0 unspecified atom stereocenters. The van der Waals surface area contributed by atoms with E-state index in [0.29, 0.717) is 11.4 Å². The van der Waals surface area contributed by atoms with Crippen LogP contribution in [0.3, 0.4) is 0 Å². The number of hydrogen-bond donors (Lipinski definition) is 2. The lowest BCUT2D eigenvalue weighted by atomic mass is 10.3. The number of nitrogens with one attached hydrogen (secondary N) is 1. The third-order valence-corrected chi connectivity index (χ3v) is 2.18. The van der Waals surface area contributed by atoms with Gasteiger partial charge in [0.1, 0.15) is 12.4 Å². The van der Waals surface area contributed by atoms with Gasteiger partial charge in [0.05, 0.1) is 6.54 Å². The van der Waals surface area contributed by atoms with Crippen LogP contribution in [-0.2, 0) is 4.79 Å². The van der Waals surface area contributed by atoms with Crippen molar-refractivity contribution in [2.24, 2.45) is 0 Å². The zero-order valence-electron chi connectivity index (χ0n) is 10.0. The van der Waals surface area contributed by atoms with E-state index < -0.39 is 24.6 Å². The van der Waals surface area contributed by atoms with Crippen LogP contribution in [0.4, 0.5) is 27.6 Å². The van der Waals surface area contributed by atoms with Crippen molar-refractivity contribution >= 4 is 11.6 Å². The number of hydrogen-bond acceptors (Lipinski definition) is 3. The normalized spacial score (nSPS) is 12.1. The van der Waals surface area contributed by atoms with Gasteiger partial charge in [-0.1, -0.05) is 0 Å². The Morgan fingerprint density at radius 1 is 1.15 bits per heavy atom. The Balaban J connectivity index is 2.38. The van der Waals surface area contributed by atoms with Crippen molar-refractivity contribution < 1.29 is 31.5 Å². The van der Waals surface area contributed by atoms with Crippen molar-refractivity contribution in [2.45, 2.75) is 12.1 Å². The highest BCUT2D eigenvalue weighted by molar-refractivity contribution is 5.84. The summed E-state index contributed by atoms with van der Waals surface area (Å²) in [5.74, 6) is -7.49. The van der Waals surface area contributed by atoms with E-state index in [1.807, 2.05) is 0 Å². The lowest BCUT2D eigenvalue weighted by molar-refractivity contribution is -0.269. The van der Waals surface area contributed by atoms with E-state index in [1.54, 1.807) is 0 Å². The largest absolute Gasteiger partial charge is 0.492 e. The lowest BCUT2D eigenvalue weighted by Crippen LogP contribution is -2.51. The SMILES string of the molecule is Nc1ccc(OCCNC(=O)C(F)(F)C(F)(F)F)cc1. The second kappa shape index (κ2) is 5.93. The lowest BCUT2D eigenvalue weighted by Gasteiger charge is -2.18. The molecule has 0 spiro atoms. The number of halogens is 5. The van der Waals surface area contributed by atoms with Crippen LogP contribution in [0.5, 0.6) is 5.75 Å². The predicted octanol–water partition coefficient (Wildman–Crippen LogP) is 1.96. The average molecular weight is 298 g/mol. The maximum absolute atomic E-state index is 12.5. The number of carbonyl (C=O) groups excluding carboxylic acids is 1. The molecule has 1 aromatic rings. The van der Waals surface area contributed by atoms with Gasteiger partial charge in [0.25, 0.3) is 5.91 Å². The number of rotatable bonds is 5. The fraction of sp³-hybridized carbons (Fsp3) is 0.364. The Kier molecular flexibility index (Phi) is 4.74. The smallest absolute Gasteiger partial charge is 0.463 e. The molecule has 0 aliphatic carbocycles. The molecule has 9 heteroatoms. The van der Waals surface area contributed by atoms with Crippen LogP contribution in [0.15, 0.2) is 24.3 Å². The first-order chi connectivity index (χ1) is 9.14. The molecule has 4 nitrogen and oxygen atoms in total.